The van der Waals surface area contributed by atoms with Crippen molar-refractivity contribution >= 4 is 9.05 Å². The molecule has 4 nitrogen and oxygen atoms in total. The third-order valence-corrected chi connectivity index (χ3v) is 1.89. The van der Waals surface area contributed by atoms with Gasteiger partial charge in [-0.1, -0.05) is 26.2 Å². The van der Waals surface area contributed by atoms with Crippen LogP contribution in [0.5, 0.6) is 0 Å². The standard InChI is InChI=1S/C6H16O4Si.Na.H/c1-2-3-4-5-6-10-11(7,8)9;;/h7-9H,2-6H2,1H3;;/q;+1;-1. The minimum absolute atomic E-state index is 0. The van der Waals surface area contributed by atoms with Gasteiger partial charge < -0.3 is 20.2 Å². The quantitative estimate of drug-likeness (QED) is 0.321. The minimum atomic E-state index is -4.22. The van der Waals surface area contributed by atoms with Crippen molar-refractivity contribution in [1.29, 1.82) is 0 Å². The van der Waals surface area contributed by atoms with Gasteiger partial charge in [-0.3, -0.25) is 0 Å². The van der Waals surface area contributed by atoms with Crippen molar-refractivity contribution in [2.45, 2.75) is 32.6 Å². The van der Waals surface area contributed by atoms with Crippen molar-refractivity contribution in [3.63, 3.8) is 0 Å². The topological polar surface area (TPSA) is 69.9 Å². The molecule has 0 aliphatic carbocycles. The van der Waals surface area contributed by atoms with E-state index in [4.69, 9.17) is 14.4 Å². The fourth-order valence-electron chi connectivity index (χ4n) is 0.738. The van der Waals surface area contributed by atoms with Crippen LogP contribution in [0.4, 0.5) is 0 Å². The fourth-order valence-corrected chi connectivity index (χ4v) is 1.16. The Morgan fingerprint density at radius 2 is 1.75 bits per heavy atom. The van der Waals surface area contributed by atoms with E-state index in [1.807, 2.05) is 0 Å². The summed E-state index contributed by atoms with van der Waals surface area (Å²) in [7, 11) is -4.22. The van der Waals surface area contributed by atoms with Gasteiger partial charge in [-0.05, 0) is 6.42 Å². The van der Waals surface area contributed by atoms with Gasteiger partial charge in [0.2, 0.25) is 0 Å². The molecule has 12 heavy (non-hydrogen) atoms. The average molecular weight is 204 g/mol. The van der Waals surface area contributed by atoms with Gasteiger partial charge in [0, 0.05) is 6.61 Å². The molecule has 0 fully saturated rings. The maximum Gasteiger partial charge on any atom is 1.00 e. The molecular formula is C6H17NaO4Si. The van der Waals surface area contributed by atoms with E-state index in [2.05, 4.69) is 11.3 Å². The molecule has 0 aromatic heterocycles. The van der Waals surface area contributed by atoms with Crippen LogP contribution in [-0.4, -0.2) is 30.0 Å². The molecule has 0 bridgehead atoms. The first-order valence-corrected chi connectivity index (χ1v) is 5.62. The Morgan fingerprint density at radius 1 is 1.17 bits per heavy atom. The SMILES string of the molecule is CCCCCCO[Si](O)(O)O.[H-].[Na+]. The average Bonchev–Trinajstić information content (AvgIpc) is 1.85. The van der Waals surface area contributed by atoms with Crippen molar-refractivity contribution in [3.05, 3.63) is 0 Å². The summed E-state index contributed by atoms with van der Waals surface area (Å²) in [4.78, 5) is 25.2. The summed E-state index contributed by atoms with van der Waals surface area (Å²) >= 11 is 0. The van der Waals surface area contributed by atoms with Gasteiger partial charge in [0.25, 0.3) is 0 Å². The van der Waals surface area contributed by atoms with Gasteiger partial charge in [0.05, 0.1) is 0 Å². The third kappa shape index (κ3) is 13.6. The molecule has 0 aromatic rings. The molecule has 0 aromatic carbocycles. The molecule has 0 saturated carbocycles. The number of hydrogen-bond donors (Lipinski definition) is 3. The van der Waals surface area contributed by atoms with Crippen LogP contribution in [-0.2, 0) is 4.43 Å². The first-order valence-electron chi connectivity index (χ1n) is 3.87. The Labute approximate surface area is 97.8 Å². The van der Waals surface area contributed by atoms with E-state index >= 15 is 0 Å². The number of unbranched alkanes of at least 4 members (excludes halogenated alkanes) is 3. The molecule has 0 rings (SSSR count). The monoisotopic (exact) mass is 204 g/mol. The molecule has 0 amide bonds. The Morgan fingerprint density at radius 3 is 2.17 bits per heavy atom. The van der Waals surface area contributed by atoms with Gasteiger partial charge in [-0.25, -0.2) is 0 Å². The summed E-state index contributed by atoms with van der Waals surface area (Å²) in [5.74, 6) is 0. The third-order valence-electron chi connectivity index (χ3n) is 1.29. The van der Waals surface area contributed by atoms with Crippen molar-refractivity contribution in [2.24, 2.45) is 0 Å². The van der Waals surface area contributed by atoms with E-state index in [0.717, 1.165) is 25.7 Å². The molecule has 0 heterocycles. The zero-order valence-corrected chi connectivity index (χ0v) is 10.8. The Balaban J connectivity index is -0.000000500. The first-order chi connectivity index (χ1) is 5.06. The molecule has 0 spiro atoms. The van der Waals surface area contributed by atoms with Crippen LogP contribution in [0.15, 0.2) is 0 Å². The summed E-state index contributed by atoms with van der Waals surface area (Å²) in [6, 6.07) is 0. The summed E-state index contributed by atoms with van der Waals surface area (Å²) < 4.78 is 4.38. The van der Waals surface area contributed by atoms with Crippen LogP contribution >= 0.6 is 0 Å². The molecule has 0 radical (unpaired) electrons. The maximum absolute atomic E-state index is 8.40. The normalized spacial score (nSPS) is 11.0. The van der Waals surface area contributed by atoms with Gasteiger partial charge in [0.15, 0.2) is 0 Å². The zero-order chi connectivity index (χ0) is 8.74. The molecule has 70 valence electrons. The Hall–Kier alpha value is 1.06. The molecular weight excluding hydrogens is 187 g/mol. The number of hydrogen-bond acceptors (Lipinski definition) is 4. The predicted octanol–water partition coefficient (Wildman–Crippen LogP) is -2.89. The largest absolute Gasteiger partial charge is 1.00 e. The summed E-state index contributed by atoms with van der Waals surface area (Å²) in [5.41, 5.74) is 0. The molecule has 0 saturated heterocycles. The molecule has 3 N–H and O–H groups in total. The molecule has 6 heteroatoms. The van der Waals surface area contributed by atoms with Gasteiger partial charge in [0.1, 0.15) is 0 Å². The summed E-state index contributed by atoms with van der Waals surface area (Å²) in [6.07, 6.45) is 4.01. The van der Waals surface area contributed by atoms with Crippen molar-refractivity contribution in [3.8, 4) is 0 Å². The first kappa shape index (κ1) is 15.5. The smallest absolute Gasteiger partial charge is 1.00 e. The van der Waals surface area contributed by atoms with E-state index in [-0.39, 0.29) is 37.6 Å². The second-order valence-electron chi connectivity index (χ2n) is 2.48. The maximum atomic E-state index is 8.40. The predicted molar refractivity (Wildman–Crippen MR) is 43.6 cm³/mol. The van der Waals surface area contributed by atoms with Crippen molar-refractivity contribution < 1.29 is 49.8 Å². The van der Waals surface area contributed by atoms with Gasteiger partial charge >= 0.3 is 38.6 Å². The molecule has 0 unspecified atom stereocenters. The van der Waals surface area contributed by atoms with E-state index < -0.39 is 9.05 Å². The van der Waals surface area contributed by atoms with Crippen LogP contribution in [0.3, 0.4) is 0 Å². The molecule has 0 aliphatic rings. The van der Waals surface area contributed by atoms with Crippen molar-refractivity contribution in [2.75, 3.05) is 6.61 Å². The summed E-state index contributed by atoms with van der Waals surface area (Å²) in [5, 5.41) is 0. The number of rotatable bonds is 6. The molecule has 0 atom stereocenters. The van der Waals surface area contributed by atoms with E-state index in [1.54, 1.807) is 0 Å². The Bertz CT molecular complexity index is 101. The zero-order valence-electron chi connectivity index (χ0n) is 8.79. The van der Waals surface area contributed by atoms with Gasteiger partial charge in [-0.15, -0.1) is 0 Å². The van der Waals surface area contributed by atoms with Crippen LogP contribution in [0.1, 0.15) is 34.0 Å². The van der Waals surface area contributed by atoms with E-state index in [1.165, 1.54) is 0 Å². The van der Waals surface area contributed by atoms with Crippen LogP contribution in [0.2, 0.25) is 0 Å². The second kappa shape index (κ2) is 8.65. The van der Waals surface area contributed by atoms with Crippen LogP contribution in [0, 0.1) is 0 Å². The van der Waals surface area contributed by atoms with Crippen LogP contribution < -0.4 is 29.6 Å². The van der Waals surface area contributed by atoms with E-state index in [0.29, 0.717) is 0 Å². The minimum Gasteiger partial charge on any atom is -1.00 e. The fraction of sp³-hybridized carbons (Fsp3) is 1.00. The van der Waals surface area contributed by atoms with Gasteiger partial charge in [-0.2, -0.15) is 0 Å². The molecule has 0 aliphatic heterocycles. The van der Waals surface area contributed by atoms with Crippen molar-refractivity contribution in [1.82, 2.24) is 0 Å². The Kier molecular flexibility index (Phi) is 11.2. The van der Waals surface area contributed by atoms with E-state index in [9.17, 15) is 0 Å². The second-order valence-corrected chi connectivity index (χ2v) is 3.92. The van der Waals surface area contributed by atoms with Crippen LogP contribution in [0.25, 0.3) is 0 Å². The summed E-state index contributed by atoms with van der Waals surface area (Å²) in [6.45, 7) is 2.32.